The summed E-state index contributed by atoms with van der Waals surface area (Å²) in [5, 5.41) is 0. The third-order valence-corrected chi connectivity index (χ3v) is 3.29. The highest BCUT2D eigenvalue weighted by Gasteiger charge is 2.13. The number of carbonyl (C=O) groups is 1. The van der Waals surface area contributed by atoms with Gasteiger partial charge in [-0.3, -0.25) is 4.79 Å². The number of hydrogen-bond donors (Lipinski definition) is 0. The second-order valence-corrected chi connectivity index (χ2v) is 4.68. The predicted octanol–water partition coefficient (Wildman–Crippen LogP) is 2.86. The van der Waals surface area contributed by atoms with E-state index in [-0.39, 0.29) is 11.9 Å². The Morgan fingerprint density at radius 2 is 2.25 bits per heavy atom. The van der Waals surface area contributed by atoms with E-state index >= 15 is 0 Å². The fourth-order valence-corrected chi connectivity index (χ4v) is 2.14. The van der Waals surface area contributed by atoms with Crippen LogP contribution < -0.4 is 0 Å². The zero-order valence-corrected chi connectivity index (χ0v) is 11.1. The van der Waals surface area contributed by atoms with Crippen LogP contribution in [-0.4, -0.2) is 30.7 Å². The van der Waals surface area contributed by atoms with Crippen LogP contribution in [0.3, 0.4) is 0 Å². The molecule has 0 aliphatic rings. The van der Waals surface area contributed by atoms with Crippen molar-refractivity contribution in [3.05, 3.63) is 12.8 Å². The maximum atomic E-state index is 11.5. The Balaban J connectivity index is 3.45. The molecule has 4 heteroatoms. The third kappa shape index (κ3) is 8.65. The fourth-order valence-electron chi connectivity index (χ4n) is 0.991. The average molecular weight is 246 g/mol. The van der Waals surface area contributed by atoms with Gasteiger partial charge in [0.05, 0.1) is 12.2 Å². The average Bonchev–Trinajstić information content (AvgIpc) is 2.29. The first-order valence-electron chi connectivity index (χ1n) is 5.69. The molecule has 0 aromatic rings. The molecule has 1 atom stereocenters. The summed E-state index contributed by atoms with van der Waals surface area (Å²) < 4.78 is 9.90. The quantitative estimate of drug-likeness (QED) is 0.337. The van der Waals surface area contributed by atoms with Crippen LogP contribution in [0.15, 0.2) is 12.8 Å². The van der Waals surface area contributed by atoms with E-state index in [0.29, 0.717) is 13.2 Å². The Hall–Kier alpha value is -0.640. The molecule has 0 aliphatic carbocycles. The number of ether oxygens (including phenoxy) is 2. The summed E-state index contributed by atoms with van der Waals surface area (Å²) in [7, 11) is 0. The van der Waals surface area contributed by atoms with Gasteiger partial charge in [0.25, 0.3) is 0 Å². The van der Waals surface area contributed by atoms with Crippen molar-refractivity contribution in [1.82, 2.24) is 0 Å². The van der Waals surface area contributed by atoms with Crippen LogP contribution in [0.5, 0.6) is 0 Å². The predicted molar refractivity (Wildman–Crippen MR) is 68.5 cm³/mol. The normalized spacial score (nSPS) is 11.9. The molecule has 1 unspecified atom stereocenters. The second-order valence-electron chi connectivity index (χ2n) is 3.53. The molecule has 0 saturated carbocycles. The van der Waals surface area contributed by atoms with E-state index in [0.717, 1.165) is 11.5 Å². The number of thioether (sulfide) groups is 1. The second kappa shape index (κ2) is 10.9. The molecule has 94 valence electrons. The van der Waals surface area contributed by atoms with Crippen molar-refractivity contribution in [2.75, 3.05) is 24.7 Å². The minimum Gasteiger partial charge on any atom is -0.498 e. The molecule has 0 heterocycles. The van der Waals surface area contributed by atoms with Crippen LogP contribution in [0.1, 0.15) is 26.7 Å². The standard InChI is InChI=1S/C12H22O3S/c1-4-6-9-16-10-11(3)12(13)15-8-7-14-5-2/h5,11H,2,4,6-10H2,1,3H3. The van der Waals surface area contributed by atoms with Gasteiger partial charge in [-0.1, -0.05) is 26.8 Å². The topological polar surface area (TPSA) is 35.5 Å². The SMILES string of the molecule is C=COCCOC(=O)C(C)CSCCCC. The minimum atomic E-state index is -0.142. The van der Waals surface area contributed by atoms with Gasteiger partial charge in [-0.05, 0) is 12.2 Å². The molecule has 0 N–H and O–H groups in total. The molecule has 0 aromatic heterocycles. The summed E-state index contributed by atoms with van der Waals surface area (Å²) in [6.45, 7) is 8.15. The Morgan fingerprint density at radius 3 is 2.88 bits per heavy atom. The van der Waals surface area contributed by atoms with E-state index in [1.54, 1.807) is 0 Å². The van der Waals surface area contributed by atoms with Crippen LogP contribution in [0.25, 0.3) is 0 Å². The highest BCUT2D eigenvalue weighted by Crippen LogP contribution is 2.11. The van der Waals surface area contributed by atoms with Crippen LogP contribution in [0, 0.1) is 5.92 Å². The molecule has 0 aliphatic heterocycles. The lowest BCUT2D eigenvalue weighted by molar-refractivity contribution is -0.148. The van der Waals surface area contributed by atoms with Crippen molar-refractivity contribution in [3.8, 4) is 0 Å². The van der Waals surface area contributed by atoms with E-state index in [9.17, 15) is 4.79 Å². The molecular formula is C12H22O3S. The maximum Gasteiger partial charge on any atom is 0.309 e. The first-order chi connectivity index (χ1) is 7.72. The summed E-state index contributed by atoms with van der Waals surface area (Å²) in [5.74, 6) is 1.77. The highest BCUT2D eigenvalue weighted by atomic mass is 32.2. The zero-order valence-electron chi connectivity index (χ0n) is 10.2. The van der Waals surface area contributed by atoms with E-state index in [1.807, 2.05) is 18.7 Å². The van der Waals surface area contributed by atoms with Crippen molar-refractivity contribution in [1.29, 1.82) is 0 Å². The summed E-state index contributed by atoms with van der Waals surface area (Å²) in [6.07, 6.45) is 3.75. The Kier molecular flexibility index (Phi) is 10.4. The van der Waals surface area contributed by atoms with E-state index in [1.165, 1.54) is 19.1 Å². The smallest absolute Gasteiger partial charge is 0.309 e. The van der Waals surface area contributed by atoms with Gasteiger partial charge in [0.2, 0.25) is 0 Å². The first kappa shape index (κ1) is 15.4. The lowest BCUT2D eigenvalue weighted by Gasteiger charge is -2.10. The fraction of sp³-hybridized carbons (Fsp3) is 0.750. The van der Waals surface area contributed by atoms with Crippen molar-refractivity contribution < 1.29 is 14.3 Å². The van der Waals surface area contributed by atoms with Crippen molar-refractivity contribution in [2.24, 2.45) is 5.92 Å². The molecule has 0 spiro atoms. The summed E-state index contributed by atoms with van der Waals surface area (Å²) in [6, 6.07) is 0. The van der Waals surface area contributed by atoms with E-state index in [4.69, 9.17) is 9.47 Å². The van der Waals surface area contributed by atoms with Gasteiger partial charge < -0.3 is 9.47 Å². The van der Waals surface area contributed by atoms with Crippen LogP contribution in [0.4, 0.5) is 0 Å². The molecule has 0 bridgehead atoms. The van der Waals surface area contributed by atoms with Gasteiger partial charge in [-0.2, -0.15) is 11.8 Å². The monoisotopic (exact) mass is 246 g/mol. The Bertz CT molecular complexity index is 195. The van der Waals surface area contributed by atoms with Crippen molar-refractivity contribution >= 4 is 17.7 Å². The molecule has 0 fully saturated rings. The van der Waals surface area contributed by atoms with Gasteiger partial charge in [-0.25, -0.2) is 0 Å². The number of esters is 1. The summed E-state index contributed by atoms with van der Waals surface area (Å²) in [4.78, 5) is 11.5. The molecule has 0 amide bonds. The molecular weight excluding hydrogens is 224 g/mol. The van der Waals surface area contributed by atoms with Gasteiger partial charge in [-0.15, -0.1) is 0 Å². The molecule has 3 nitrogen and oxygen atoms in total. The Labute approximate surface area is 103 Å². The lowest BCUT2D eigenvalue weighted by atomic mass is 10.2. The summed E-state index contributed by atoms with van der Waals surface area (Å²) in [5.41, 5.74) is 0. The molecule has 0 saturated heterocycles. The minimum absolute atomic E-state index is 0.0365. The maximum absolute atomic E-state index is 11.5. The van der Waals surface area contributed by atoms with E-state index < -0.39 is 0 Å². The van der Waals surface area contributed by atoms with E-state index in [2.05, 4.69) is 13.5 Å². The molecule has 0 rings (SSSR count). The first-order valence-corrected chi connectivity index (χ1v) is 6.84. The summed E-state index contributed by atoms with van der Waals surface area (Å²) >= 11 is 1.81. The molecule has 0 aromatic carbocycles. The number of hydrogen-bond acceptors (Lipinski definition) is 4. The molecule has 0 radical (unpaired) electrons. The van der Waals surface area contributed by atoms with Gasteiger partial charge in [0.15, 0.2) is 0 Å². The third-order valence-electron chi connectivity index (χ3n) is 1.98. The number of carbonyl (C=O) groups excluding carboxylic acids is 1. The van der Waals surface area contributed by atoms with Crippen LogP contribution in [0.2, 0.25) is 0 Å². The largest absolute Gasteiger partial charge is 0.498 e. The van der Waals surface area contributed by atoms with Crippen molar-refractivity contribution in [3.63, 3.8) is 0 Å². The van der Waals surface area contributed by atoms with Gasteiger partial charge in [0.1, 0.15) is 13.2 Å². The number of unbranched alkanes of at least 4 members (excludes halogenated alkanes) is 1. The molecule has 16 heavy (non-hydrogen) atoms. The lowest BCUT2D eigenvalue weighted by Crippen LogP contribution is -2.19. The van der Waals surface area contributed by atoms with Crippen LogP contribution in [-0.2, 0) is 14.3 Å². The highest BCUT2D eigenvalue weighted by molar-refractivity contribution is 7.99. The Morgan fingerprint density at radius 1 is 1.50 bits per heavy atom. The van der Waals surface area contributed by atoms with Crippen LogP contribution >= 0.6 is 11.8 Å². The van der Waals surface area contributed by atoms with Gasteiger partial charge in [0, 0.05) is 5.75 Å². The van der Waals surface area contributed by atoms with Gasteiger partial charge >= 0.3 is 5.97 Å². The van der Waals surface area contributed by atoms with Crippen molar-refractivity contribution in [2.45, 2.75) is 26.7 Å². The zero-order chi connectivity index (χ0) is 12.2. The number of rotatable bonds is 10.